The molecule has 3 aromatic rings. The van der Waals surface area contributed by atoms with E-state index < -0.39 is 5.82 Å². The predicted octanol–water partition coefficient (Wildman–Crippen LogP) is 4.27. The molecule has 6 nitrogen and oxygen atoms in total. The Hall–Kier alpha value is -3.37. The van der Waals surface area contributed by atoms with E-state index in [-0.39, 0.29) is 17.1 Å². The highest BCUT2D eigenvalue weighted by atomic mass is 35.5. The Labute approximate surface area is 147 Å². The maximum absolute atomic E-state index is 13.0. The van der Waals surface area contributed by atoms with Crippen LogP contribution in [0.15, 0.2) is 47.5 Å². The van der Waals surface area contributed by atoms with Crippen molar-refractivity contribution in [2.75, 3.05) is 5.32 Å². The van der Waals surface area contributed by atoms with Crippen LogP contribution >= 0.6 is 11.6 Å². The normalized spacial score (nSPS) is 10.8. The van der Waals surface area contributed by atoms with Gasteiger partial charge in [-0.2, -0.15) is 10.4 Å². The second-order valence-corrected chi connectivity index (χ2v) is 5.44. The average molecular weight is 356 g/mol. The largest absolute Gasteiger partial charge is 0.507 e. The minimum Gasteiger partial charge on any atom is -0.507 e. The number of phenolic OH excluding ortho intramolecular Hbond substituents is 1. The van der Waals surface area contributed by atoms with E-state index in [1.165, 1.54) is 18.3 Å². The molecule has 8 heteroatoms. The number of benzene rings is 2. The van der Waals surface area contributed by atoms with Crippen LogP contribution in [0.1, 0.15) is 11.1 Å². The highest BCUT2D eigenvalue weighted by molar-refractivity contribution is 6.30. The number of hydrogen-bond donors (Lipinski definition) is 3. The van der Waals surface area contributed by atoms with E-state index in [0.717, 1.165) is 6.07 Å². The highest BCUT2D eigenvalue weighted by Crippen LogP contribution is 2.27. The molecule has 3 N–H and O–H groups in total. The average Bonchev–Trinajstić information content (AvgIpc) is 2.95. The van der Waals surface area contributed by atoms with E-state index in [0.29, 0.717) is 22.1 Å². The minimum atomic E-state index is -0.554. The van der Waals surface area contributed by atoms with E-state index in [1.54, 1.807) is 24.3 Å². The summed E-state index contributed by atoms with van der Waals surface area (Å²) in [6.45, 7) is 0. The maximum Gasteiger partial charge on any atom is 0.172 e. The Morgan fingerprint density at radius 1 is 1.32 bits per heavy atom. The van der Waals surface area contributed by atoms with Crippen LogP contribution in [0, 0.1) is 17.1 Å². The number of aromatic amines is 1. The fourth-order valence-electron chi connectivity index (χ4n) is 2.09. The molecule has 1 aromatic heterocycles. The van der Waals surface area contributed by atoms with Crippen LogP contribution in [0.3, 0.4) is 0 Å². The van der Waals surface area contributed by atoms with Crippen molar-refractivity contribution in [2.24, 2.45) is 4.99 Å². The zero-order valence-electron chi connectivity index (χ0n) is 12.7. The number of aliphatic imine (C=N–C) groups is 1. The first kappa shape index (κ1) is 16.5. The lowest BCUT2D eigenvalue weighted by Gasteiger charge is -2.03. The molecule has 0 radical (unpaired) electrons. The van der Waals surface area contributed by atoms with Crippen LogP contribution in [-0.4, -0.2) is 21.5 Å². The van der Waals surface area contributed by atoms with Crippen molar-refractivity contribution in [2.45, 2.75) is 0 Å². The van der Waals surface area contributed by atoms with Gasteiger partial charge in [-0.05, 0) is 30.3 Å². The van der Waals surface area contributed by atoms with E-state index in [2.05, 4.69) is 20.5 Å². The lowest BCUT2D eigenvalue weighted by molar-refractivity contribution is 0.468. The van der Waals surface area contributed by atoms with E-state index in [4.69, 9.17) is 11.6 Å². The fourth-order valence-corrected chi connectivity index (χ4v) is 2.28. The SMILES string of the molecule is N#Cc1c(Nc2cccc(Cl)c2)n[nH]c1/N=C/c1ccc(F)cc1O. The van der Waals surface area contributed by atoms with Crippen molar-refractivity contribution in [3.63, 3.8) is 0 Å². The summed E-state index contributed by atoms with van der Waals surface area (Å²) in [5, 5.41) is 29.2. The van der Waals surface area contributed by atoms with Crippen LogP contribution < -0.4 is 5.32 Å². The van der Waals surface area contributed by atoms with Crippen LogP contribution in [0.25, 0.3) is 0 Å². The number of H-pyrrole nitrogens is 1. The maximum atomic E-state index is 13.0. The molecule has 25 heavy (non-hydrogen) atoms. The number of aromatic hydroxyl groups is 1. The summed E-state index contributed by atoms with van der Waals surface area (Å²) < 4.78 is 13.0. The molecule has 0 saturated carbocycles. The number of phenols is 1. The number of nitrogens with zero attached hydrogens (tertiary/aromatic N) is 3. The molecule has 0 atom stereocenters. The highest BCUT2D eigenvalue weighted by Gasteiger charge is 2.12. The lowest BCUT2D eigenvalue weighted by atomic mass is 10.2. The Morgan fingerprint density at radius 2 is 2.16 bits per heavy atom. The minimum absolute atomic E-state index is 0.192. The summed E-state index contributed by atoms with van der Waals surface area (Å²) in [4.78, 5) is 4.10. The summed E-state index contributed by atoms with van der Waals surface area (Å²) in [5.41, 5.74) is 1.17. The fraction of sp³-hybridized carbons (Fsp3) is 0. The molecular weight excluding hydrogens is 345 g/mol. The third-order valence-electron chi connectivity index (χ3n) is 3.27. The van der Waals surface area contributed by atoms with Crippen LogP contribution in [0.4, 0.5) is 21.7 Å². The molecule has 0 aliphatic carbocycles. The van der Waals surface area contributed by atoms with Crippen LogP contribution in [-0.2, 0) is 0 Å². The molecule has 0 aliphatic rings. The number of anilines is 2. The Morgan fingerprint density at radius 3 is 2.88 bits per heavy atom. The van der Waals surface area contributed by atoms with Crippen molar-refractivity contribution in [1.29, 1.82) is 5.26 Å². The van der Waals surface area contributed by atoms with Gasteiger partial charge in [0.1, 0.15) is 23.2 Å². The Balaban J connectivity index is 1.87. The van der Waals surface area contributed by atoms with Gasteiger partial charge in [-0.15, -0.1) is 0 Å². The third-order valence-corrected chi connectivity index (χ3v) is 3.51. The molecule has 0 aliphatic heterocycles. The monoisotopic (exact) mass is 355 g/mol. The van der Waals surface area contributed by atoms with E-state index >= 15 is 0 Å². The molecule has 0 spiro atoms. The topological polar surface area (TPSA) is 97.1 Å². The second-order valence-electron chi connectivity index (χ2n) is 5.00. The first-order chi connectivity index (χ1) is 12.1. The summed E-state index contributed by atoms with van der Waals surface area (Å²) in [5.74, 6) is -0.308. The second kappa shape index (κ2) is 7.03. The predicted molar refractivity (Wildman–Crippen MR) is 93.4 cm³/mol. The number of nitrogens with one attached hydrogen (secondary N) is 2. The molecular formula is C17H11ClFN5O. The van der Waals surface area contributed by atoms with Gasteiger partial charge in [-0.25, -0.2) is 9.38 Å². The summed E-state index contributed by atoms with van der Waals surface area (Å²) >= 11 is 5.93. The van der Waals surface area contributed by atoms with Crippen LogP contribution in [0.5, 0.6) is 5.75 Å². The number of nitriles is 1. The first-order valence-corrected chi connectivity index (χ1v) is 7.48. The summed E-state index contributed by atoms with van der Waals surface area (Å²) in [6, 6.07) is 12.5. The van der Waals surface area contributed by atoms with Crippen molar-refractivity contribution in [1.82, 2.24) is 10.2 Å². The summed E-state index contributed by atoms with van der Waals surface area (Å²) in [6.07, 6.45) is 1.31. The van der Waals surface area contributed by atoms with Gasteiger partial charge in [0.2, 0.25) is 0 Å². The smallest absolute Gasteiger partial charge is 0.172 e. The molecule has 2 aromatic carbocycles. The molecule has 124 valence electrons. The Kier molecular flexibility index (Phi) is 4.64. The van der Waals surface area contributed by atoms with Crippen molar-refractivity contribution >= 4 is 35.1 Å². The first-order valence-electron chi connectivity index (χ1n) is 7.10. The van der Waals surface area contributed by atoms with E-state index in [1.807, 2.05) is 6.07 Å². The number of hydrogen-bond acceptors (Lipinski definition) is 5. The zero-order chi connectivity index (χ0) is 17.8. The van der Waals surface area contributed by atoms with Gasteiger partial charge < -0.3 is 10.4 Å². The zero-order valence-corrected chi connectivity index (χ0v) is 13.4. The van der Waals surface area contributed by atoms with Gasteiger partial charge in [0.15, 0.2) is 11.6 Å². The number of aromatic nitrogens is 2. The van der Waals surface area contributed by atoms with Gasteiger partial charge in [-0.1, -0.05) is 17.7 Å². The quantitative estimate of drug-likeness (QED) is 0.608. The Bertz CT molecular complexity index is 993. The lowest BCUT2D eigenvalue weighted by Crippen LogP contribution is -1.92. The molecule has 0 fully saturated rings. The molecule has 0 amide bonds. The number of rotatable bonds is 4. The van der Waals surface area contributed by atoms with Gasteiger partial charge >= 0.3 is 0 Å². The van der Waals surface area contributed by atoms with Gasteiger partial charge in [0, 0.05) is 28.6 Å². The van der Waals surface area contributed by atoms with Crippen molar-refractivity contribution in [3.8, 4) is 11.8 Å². The van der Waals surface area contributed by atoms with Gasteiger partial charge in [0.25, 0.3) is 0 Å². The van der Waals surface area contributed by atoms with Crippen molar-refractivity contribution in [3.05, 3.63) is 64.4 Å². The van der Waals surface area contributed by atoms with Crippen LogP contribution in [0.2, 0.25) is 5.02 Å². The summed E-state index contributed by atoms with van der Waals surface area (Å²) in [7, 11) is 0. The standard InChI is InChI=1S/C17H11ClFN5O/c18-11-2-1-3-13(6-11)22-17-14(8-20)16(23-24-17)21-9-10-4-5-12(19)7-15(10)25/h1-7,9,25H,(H2,22,23,24)/b21-9+. The molecule has 1 heterocycles. The third kappa shape index (κ3) is 3.76. The molecule has 3 rings (SSSR count). The number of halogens is 2. The van der Waals surface area contributed by atoms with Crippen molar-refractivity contribution < 1.29 is 9.50 Å². The molecule has 0 unspecified atom stereocenters. The molecule has 0 saturated heterocycles. The van der Waals surface area contributed by atoms with Gasteiger partial charge in [-0.3, -0.25) is 5.10 Å². The van der Waals surface area contributed by atoms with E-state index in [9.17, 15) is 14.8 Å². The molecule has 0 bridgehead atoms. The van der Waals surface area contributed by atoms with Gasteiger partial charge in [0.05, 0.1) is 0 Å².